The van der Waals surface area contributed by atoms with Crippen LogP contribution in [0.1, 0.15) is 48.9 Å². The summed E-state index contributed by atoms with van der Waals surface area (Å²) in [6.45, 7) is 4.07. The van der Waals surface area contributed by atoms with Crippen molar-refractivity contribution in [2.45, 2.75) is 38.5 Å². The first kappa shape index (κ1) is 18.8. The first-order chi connectivity index (χ1) is 13.7. The van der Waals surface area contributed by atoms with Crippen LogP contribution in [0.3, 0.4) is 0 Å². The Labute approximate surface area is 166 Å². The van der Waals surface area contributed by atoms with Crippen molar-refractivity contribution in [2.75, 3.05) is 41.3 Å². The van der Waals surface area contributed by atoms with E-state index in [0.29, 0.717) is 0 Å². The number of anilines is 3. The van der Waals surface area contributed by atoms with Crippen LogP contribution in [0.2, 0.25) is 0 Å². The van der Waals surface area contributed by atoms with Crippen molar-refractivity contribution in [1.29, 1.82) is 0 Å². The van der Waals surface area contributed by atoms with Gasteiger partial charge in [0, 0.05) is 31.9 Å². The molecule has 2 aliphatic heterocycles. The molecule has 2 aliphatic rings. The van der Waals surface area contributed by atoms with Gasteiger partial charge in [0.15, 0.2) is 0 Å². The summed E-state index contributed by atoms with van der Waals surface area (Å²) in [7, 11) is 0. The normalized spacial score (nSPS) is 17.5. The third-order valence-electron chi connectivity index (χ3n) is 5.76. The Kier molecular flexibility index (Phi) is 5.79. The van der Waals surface area contributed by atoms with Crippen LogP contribution in [-0.2, 0) is 0 Å². The molecule has 2 heterocycles. The molecule has 4 nitrogen and oxygen atoms in total. The van der Waals surface area contributed by atoms with E-state index in [-0.39, 0.29) is 5.56 Å². The van der Waals surface area contributed by atoms with E-state index in [0.717, 1.165) is 56.1 Å². The van der Waals surface area contributed by atoms with Crippen LogP contribution in [0, 0.1) is 5.82 Å². The third kappa shape index (κ3) is 4.13. The lowest BCUT2D eigenvalue weighted by Crippen LogP contribution is -2.32. The molecule has 1 N–H and O–H groups in total. The molecule has 2 fully saturated rings. The highest BCUT2D eigenvalue weighted by atomic mass is 19.1. The highest BCUT2D eigenvalue weighted by molar-refractivity contribution is 6.06. The molecule has 148 valence electrons. The van der Waals surface area contributed by atoms with Crippen molar-refractivity contribution in [3.63, 3.8) is 0 Å². The van der Waals surface area contributed by atoms with Crippen molar-refractivity contribution in [1.82, 2.24) is 0 Å². The summed E-state index contributed by atoms with van der Waals surface area (Å²) in [4.78, 5) is 17.5. The van der Waals surface area contributed by atoms with Crippen LogP contribution in [-0.4, -0.2) is 32.1 Å². The van der Waals surface area contributed by atoms with Gasteiger partial charge in [-0.3, -0.25) is 4.79 Å². The number of halogens is 1. The summed E-state index contributed by atoms with van der Waals surface area (Å²) in [5, 5.41) is 3.00. The Balaban J connectivity index is 1.64. The number of carbonyl (C=O) groups is 1. The maximum absolute atomic E-state index is 14.1. The van der Waals surface area contributed by atoms with Crippen LogP contribution >= 0.6 is 0 Å². The summed E-state index contributed by atoms with van der Waals surface area (Å²) in [5.41, 5.74) is 3.02. The fourth-order valence-electron chi connectivity index (χ4n) is 4.22. The minimum Gasteiger partial charge on any atom is -0.371 e. The van der Waals surface area contributed by atoms with Crippen molar-refractivity contribution < 1.29 is 9.18 Å². The summed E-state index contributed by atoms with van der Waals surface area (Å²) < 4.78 is 14.1. The van der Waals surface area contributed by atoms with Gasteiger partial charge in [-0.15, -0.1) is 0 Å². The van der Waals surface area contributed by atoms with Gasteiger partial charge in [-0.1, -0.05) is 12.1 Å². The quantitative estimate of drug-likeness (QED) is 0.804. The molecule has 4 rings (SSSR count). The van der Waals surface area contributed by atoms with Crippen LogP contribution in [0.4, 0.5) is 21.5 Å². The number of rotatable bonds is 4. The second-order valence-corrected chi connectivity index (χ2v) is 7.73. The summed E-state index contributed by atoms with van der Waals surface area (Å²) in [6, 6.07) is 12.5. The molecule has 0 spiro atoms. The highest BCUT2D eigenvalue weighted by Crippen LogP contribution is 2.34. The average Bonchev–Trinajstić information content (AvgIpc) is 2.75. The summed E-state index contributed by atoms with van der Waals surface area (Å²) in [6.07, 6.45) is 7.25. The van der Waals surface area contributed by atoms with Gasteiger partial charge in [-0.2, -0.15) is 0 Å². The molecule has 0 unspecified atom stereocenters. The minimum absolute atomic E-state index is 0.0791. The van der Waals surface area contributed by atoms with Gasteiger partial charge in [0.1, 0.15) is 5.82 Å². The van der Waals surface area contributed by atoms with E-state index >= 15 is 0 Å². The number of amides is 1. The van der Waals surface area contributed by atoms with Crippen molar-refractivity contribution in [3.05, 3.63) is 53.8 Å². The fourth-order valence-corrected chi connectivity index (χ4v) is 4.22. The molecular weight excluding hydrogens is 353 g/mol. The number of carbonyl (C=O) groups excluding carboxylic acids is 1. The maximum Gasteiger partial charge on any atom is 0.258 e. The Morgan fingerprint density at radius 1 is 0.821 bits per heavy atom. The molecule has 2 aromatic rings. The van der Waals surface area contributed by atoms with Crippen molar-refractivity contribution in [3.8, 4) is 0 Å². The maximum atomic E-state index is 14.1. The minimum atomic E-state index is -0.494. The predicted molar refractivity (Wildman–Crippen MR) is 113 cm³/mol. The van der Waals surface area contributed by atoms with Gasteiger partial charge in [0.25, 0.3) is 5.91 Å². The molecule has 0 aromatic heterocycles. The van der Waals surface area contributed by atoms with Gasteiger partial charge >= 0.3 is 0 Å². The molecule has 1 amide bonds. The molecule has 2 aromatic carbocycles. The van der Waals surface area contributed by atoms with E-state index in [1.165, 1.54) is 37.8 Å². The zero-order valence-electron chi connectivity index (χ0n) is 16.3. The van der Waals surface area contributed by atoms with E-state index in [9.17, 15) is 9.18 Å². The van der Waals surface area contributed by atoms with Gasteiger partial charge in [0.2, 0.25) is 0 Å². The molecule has 0 atom stereocenters. The zero-order valence-corrected chi connectivity index (χ0v) is 16.3. The van der Waals surface area contributed by atoms with Crippen molar-refractivity contribution in [2.24, 2.45) is 0 Å². The van der Waals surface area contributed by atoms with Gasteiger partial charge in [-0.25, -0.2) is 4.39 Å². The summed E-state index contributed by atoms with van der Waals surface area (Å²) >= 11 is 0. The standard InChI is InChI=1S/C23H28FN3O/c24-20-10-4-3-9-19(20)23(28)25-21-17-18(26-13-5-1-6-14-26)11-12-22(21)27-15-7-2-8-16-27/h3-4,9-12,17H,1-2,5-8,13-16H2,(H,25,28). The number of benzene rings is 2. The fraction of sp³-hybridized carbons (Fsp3) is 0.435. The first-order valence-corrected chi connectivity index (χ1v) is 10.4. The molecule has 5 heteroatoms. The second kappa shape index (κ2) is 8.63. The zero-order chi connectivity index (χ0) is 19.3. The lowest BCUT2D eigenvalue weighted by molar-refractivity contribution is 0.102. The lowest BCUT2D eigenvalue weighted by Gasteiger charge is -2.33. The highest BCUT2D eigenvalue weighted by Gasteiger charge is 2.20. The van der Waals surface area contributed by atoms with Crippen LogP contribution in [0.25, 0.3) is 0 Å². The monoisotopic (exact) mass is 381 g/mol. The van der Waals surface area contributed by atoms with Crippen molar-refractivity contribution >= 4 is 23.0 Å². The molecular formula is C23H28FN3O. The molecule has 0 saturated carbocycles. The Morgan fingerprint density at radius 3 is 2.14 bits per heavy atom. The largest absolute Gasteiger partial charge is 0.371 e. The Morgan fingerprint density at radius 2 is 1.46 bits per heavy atom. The molecule has 0 bridgehead atoms. The van der Waals surface area contributed by atoms with Gasteiger partial charge in [-0.05, 0) is 68.9 Å². The molecule has 2 saturated heterocycles. The van der Waals surface area contributed by atoms with Gasteiger partial charge in [0.05, 0.1) is 16.9 Å². The number of hydrogen-bond acceptors (Lipinski definition) is 3. The van der Waals surface area contributed by atoms with E-state index < -0.39 is 11.7 Å². The predicted octanol–water partition coefficient (Wildman–Crippen LogP) is 5.06. The smallest absolute Gasteiger partial charge is 0.258 e. The third-order valence-corrected chi connectivity index (χ3v) is 5.76. The number of piperidine rings is 2. The van der Waals surface area contributed by atoms with Gasteiger partial charge < -0.3 is 15.1 Å². The SMILES string of the molecule is O=C(Nc1cc(N2CCCCC2)ccc1N1CCCCC1)c1ccccc1F. The van der Waals surface area contributed by atoms with Crippen LogP contribution in [0.5, 0.6) is 0 Å². The number of nitrogens with one attached hydrogen (secondary N) is 1. The van der Waals surface area contributed by atoms with E-state index in [1.54, 1.807) is 12.1 Å². The van der Waals surface area contributed by atoms with Crippen LogP contribution < -0.4 is 15.1 Å². The van der Waals surface area contributed by atoms with E-state index in [4.69, 9.17) is 0 Å². The Hall–Kier alpha value is -2.56. The molecule has 0 aliphatic carbocycles. The molecule has 0 radical (unpaired) electrons. The molecule has 28 heavy (non-hydrogen) atoms. The number of hydrogen-bond donors (Lipinski definition) is 1. The van der Waals surface area contributed by atoms with E-state index in [2.05, 4.69) is 33.3 Å². The van der Waals surface area contributed by atoms with Crippen LogP contribution in [0.15, 0.2) is 42.5 Å². The lowest BCUT2D eigenvalue weighted by atomic mass is 10.1. The first-order valence-electron chi connectivity index (χ1n) is 10.4. The second-order valence-electron chi connectivity index (χ2n) is 7.73. The Bertz CT molecular complexity index is 826. The summed E-state index contributed by atoms with van der Waals surface area (Å²) in [5.74, 6) is -0.890. The number of nitrogens with zero attached hydrogens (tertiary/aromatic N) is 2. The topological polar surface area (TPSA) is 35.6 Å². The van der Waals surface area contributed by atoms with E-state index in [1.807, 2.05) is 0 Å². The average molecular weight is 381 g/mol.